The Balaban J connectivity index is 1.88. The molecule has 6 nitrogen and oxygen atoms in total. The fourth-order valence-electron chi connectivity index (χ4n) is 4.43. The van der Waals surface area contributed by atoms with Gasteiger partial charge in [0, 0.05) is 30.9 Å². The molecule has 3 rings (SSSR count). The average molecular weight is 428 g/mol. The molecule has 0 spiro atoms. The van der Waals surface area contributed by atoms with Crippen LogP contribution < -0.4 is 5.32 Å². The molecule has 0 atom stereocenters. The van der Waals surface area contributed by atoms with E-state index in [2.05, 4.69) is 16.9 Å². The summed E-state index contributed by atoms with van der Waals surface area (Å²) in [4.78, 5) is 16.5. The van der Waals surface area contributed by atoms with Crippen molar-refractivity contribution < 1.29 is 13.2 Å². The van der Waals surface area contributed by atoms with Gasteiger partial charge in [-0.15, -0.1) is 0 Å². The Morgan fingerprint density at radius 3 is 2.20 bits per heavy atom. The fourth-order valence-corrected chi connectivity index (χ4v) is 6.16. The van der Waals surface area contributed by atoms with Crippen molar-refractivity contribution in [2.75, 3.05) is 13.1 Å². The molecule has 7 heteroatoms. The Morgan fingerprint density at radius 2 is 1.70 bits per heavy atom. The van der Waals surface area contributed by atoms with Gasteiger partial charge < -0.3 is 5.32 Å². The van der Waals surface area contributed by atoms with Crippen molar-refractivity contribution >= 4 is 15.9 Å². The Labute approximate surface area is 179 Å². The molecule has 2 heterocycles. The van der Waals surface area contributed by atoms with Crippen molar-refractivity contribution in [1.29, 1.82) is 0 Å². The van der Waals surface area contributed by atoms with Gasteiger partial charge in [-0.1, -0.05) is 64.6 Å². The molecule has 1 aromatic carbocycles. The van der Waals surface area contributed by atoms with Gasteiger partial charge >= 0.3 is 0 Å². The van der Waals surface area contributed by atoms with Crippen molar-refractivity contribution in [3.63, 3.8) is 0 Å². The molecule has 160 valence electrons. The van der Waals surface area contributed by atoms with Gasteiger partial charge in [-0.05, 0) is 29.0 Å². The number of benzene rings is 1. The second-order valence-corrected chi connectivity index (χ2v) is 11.1. The minimum atomic E-state index is -3.72. The quantitative estimate of drug-likeness (QED) is 0.741. The number of sulfonamides is 1. The van der Waals surface area contributed by atoms with Crippen LogP contribution in [0.1, 0.15) is 27.7 Å². The van der Waals surface area contributed by atoms with E-state index in [1.165, 1.54) is 16.6 Å². The number of rotatable bonds is 5. The van der Waals surface area contributed by atoms with Crippen LogP contribution in [0.5, 0.6) is 0 Å². The van der Waals surface area contributed by atoms with Gasteiger partial charge in [0.15, 0.2) is 0 Å². The predicted molar refractivity (Wildman–Crippen MR) is 118 cm³/mol. The molecule has 1 N–H and O–H groups in total. The molecule has 0 aliphatic carbocycles. The number of amides is 1. The van der Waals surface area contributed by atoms with Crippen molar-refractivity contribution in [2.24, 2.45) is 10.8 Å². The molecule has 1 fully saturated rings. The Morgan fingerprint density at radius 1 is 1.10 bits per heavy atom. The normalized spacial score (nSPS) is 19.2. The maximum absolute atomic E-state index is 13.4. The highest BCUT2D eigenvalue weighted by molar-refractivity contribution is 7.89. The summed E-state index contributed by atoms with van der Waals surface area (Å²) in [5.74, 6) is -0.252. The minimum absolute atomic E-state index is 0.169. The summed E-state index contributed by atoms with van der Waals surface area (Å²) < 4.78 is 28.3. The number of hydrogen-bond acceptors (Lipinski definition) is 4. The molecule has 0 saturated carbocycles. The first-order chi connectivity index (χ1) is 14.0. The smallest absolute Gasteiger partial charge is 0.244 e. The van der Waals surface area contributed by atoms with Gasteiger partial charge in [-0.25, -0.2) is 8.42 Å². The van der Waals surface area contributed by atoms with Crippen LogP contribution in [0.15, 0.2) is 66.2 Å². The zero-order chi connectivity index (χ0) is 22.2. The van der Waals surface area contributed by atoms with E-state index >= 15 is 0 Å². The Hall–Kier alpha value is -2.51. The van der Waals surface area contributed by atoms with Gasteiger partial charge in [0.1, 0.15) is 4.90 Å². The van der Waals surface area contributed by atoms with Crippen LogP contribution in [0.25, 0.3) is 11.3 Å². The number of hydrogen-bond donors (Lipinski definition) is 1. The molecule has 1 aliphatic heterocycles. The lowest BCUT2D eigenvalue weighted by Gasteiger charge is -2.52. The number of piperidine rings is 1. The lowest BCUT2D eigenvalue weighted by atomic mass is 9.67. The van der Waals surface area contributed by atoms with Gasteiger partial charge in [-0.3, -0.25) is 9.78 Å². The first-order valence-corrected chi connectivity index (χ1v) is 11.4. The molecular formula is C23H29N3O3S. The van der Waals surface area contributed by atoms with Crippen LogP contribution in [0, 0.1) is 10.8 Å². The van der Waals surface area contributed by atoms with Gasteiger partial charge in [0.25, 0.3) is 0 Å². The Bertz CT molecular complexity index is 1010. The number of aromatic nitrogens is 1. The zero-order valence-electron chi connectivity index (χ0n) is 17.9. The summed E-state index contributed by atoms with van der Waals surface area (Å²) in [6, 6.07) is 12.8. The number of carbonyl (C=O) groups is 1. The van der Waals surface area contributed by atoms with Crippen molar-refractivity contribution in [2.45, 2.75) is 38.6 Å². The third-order valence-corrected chi connectivity index (χ3v) is 7.42. The van der Waals surface area contributed by atoms with E-state index in [0.717, 1.165) is 11.3 Å². The van der Waals surface area contributed by atoms with E-state index in [4.69, 9.17) is 0 Å². The monoisotopic (exact) mass is 427 g/mol. The average Bonchev–Trinajstić information content (AvgIpc) is 2.70. The van der Waals surface area contributed by atoms with Gasteiger partial charge in [0.05, 0.1) is 5.69 Å². The highest BCUT2D eigenvalue weighted by atomic mass is 32.2. The third-order valence-electron chi connectivity index (χ3n) is 5.65. The second kappa shape index (κ2) is 7.96. The van der Waals surface area contributed by atoms with Crippen molar-refractivity contribution in [3.8, 4) is 11.3 Å². The largest absolute Gasteiger partial charge is 0.349 e. The van der Waals surface area contributed by atoms with Crippen LogP contribution in [-0.2, 0) is 14.8 Å². The summed E-state index contributed by atoms with van der Waals surface area (Å²) in [5, 5.41) is 3.00. The number of carbonyl (C=O) groups excluding carboxylic acids is 1. The van der Waals surface area contributed by atoms with Crippen LogP contribution in [0.2, 0.25) is 0 Å². The lowest BCUT2D eigenvalue weighted by molar-refractivity contribution is -0.120. The summed E-state index contributed by atoms with van der Waals surface area (Å²) in [6.45, 7) is 12.0. The topological polar surface area (TPSA) is 79.4 Å². The standard InChI is InChI=1S/C23H29N3O3S/c1-6-20(27)25-21-22(2,3)15-26(16-23(21,4)5)30(28,29)18-12-13-19(24-14-18)17-10-8-7-9-11-17/h6-14,21H,1,15-16H2,2-5H3,(H,25,27). The Kier molecular flexibility index (Phi) is 5.89. The molecule has 1 aliphatic rings. The summed E-state index contributed by atoms with van der Waals surface area (Å²) in [7, 11) is -3.72. The molecular weight excluding hydrogens is 398 g/mol. The predicted octanol–water partition coefficient (Wildman–Crippen LogP) is 3.48. The molecule has 0 bridgehead atoms. The molecule has 30 heavy (non-hydrogen) atoms. The number of nitrogens with zero attached hydrogens (tertiary/aromatic N) is 2. The van der Waals surface area contributed by atoms with Crippen LogP contribution in [-0.4, -0.2) is 42.7 Å². The molecule has 2 aromatic rings. The molecule has 0 radical (unpaired) electrons. The lowest BCUT2D eigenvalue weighted by Crippen LogP contribution is -2.64. The van der Waals surface area contributed by atoms with Gasteiger partial charge in [-0.2, -0.15) is 4.31 Å². The molecule has 1 aromatic heterocycles. The van der Waals surface area contributed by atoms with Crippen molar-refractivity contribution in [1.82, 2.24) is 14.6 Å². The van der Waals surface area contributed by atoms with Crippen LogP contribution >= 0.6 is 0 Å². The fraction of sp³-hybridized carbons (Fsp3) is 0.391. The zero-order valence-corrected chi connectivity index (χ0v) is 18.7. The van der Waals surface area contributed by atoms with E-state index in [1.54, 1.807) is 12.1 Å². The third kappa shape index (κ3) is 4.32. The van der Waals surface area contributed by atoms with E-state index in [0.29, 0.717) is 13.1 Å². The van der Waals surface area contributed by atoms with E-state index in [-0.39, 0.29) is 16.8 Å². The van der Waals surface area contributed by atoms with E-state index in [9.17, 15) is 13.2 Å². The van der Waals surface area contributed by atoms with E-state index in [1.807, 2.05) is 58.0 Å². The van der Waals surface area contributed by atoms with Gasteiger partial charge in [0.2, 0.25) is 15.9 Å². The second-order valence-electron chi connectivity index (χ2n) is 9.14. The van der Waals surface area contributed by atoms with E-state index < -0.39 is 20.9 Å². The maximum Gasteiger partial charge on any atom is 0.244 e. The number of nitrogens with one attached hydrogen (secondary N) is 1. The number of pyridine rings is 1. The van der Waals surface area contributed by atoms with Crippen LogP contribution in [0.4, 0.5) is 0 Å². The molecule has 1 saturated heterocycles. The van der Waals surface area contributed by atoms with Crippen molar-refractivity contribution in [3.05, 3.63) is 61.3 Å². The highest BCUT2D eigenvalue weighted by Crippen LogP contribution is 2.42. The van der Waals surface area contributed by atoms with Crippen LogP contribution in [0.3, 0.4) is 0 Å². The SMILES string of the molecule is C=CC(=O)NC1C(C)(C)CN(S(=O)(=O)c2ccc(-c3ccccc3)nc2)CC1(C)C. The maximum atomic E-state index is 13.4. The summed E-state index contributed by atoms with van der Waals surface area (Å²) in [5.41, 5.74) is 0.721. The minimum Gasteiger partial charge on any atom is -0.349 e. The summed E-state index contributed by atoms with van der Waals surface area (Å²) >= 11 is 0. The molecule has 0 unspecified atom stereocenters. The molecule has 1 amide bonds. The summed E-state index contributed by atoms with van der Waals surface area (Å²) in [6.07, 6.45) is 2.67. The highest BCUT2D eigenvalue weighted by Gasteiger charge is 2.50. The first-order valence-electron chi connectivity index (χ1n) is 9.92. The first kappa shape index (κ1) is 22.2.